The van der Waals surface area contributed by atoms with E-state index in [4.69, 9.17) is 9.97 Å². The fraction of sp³-hybridized carbons (Fsp3) is 0.609. The second kappa shape index (κ2) is 8.12. The smallest absolute Gasteiger partial charge is 0.225 e. The van der Waals surface area contributed by atoms with Crippen molar-refractivity contribution in [2.75, 3.05) is 24.6 Å². The maximum atomic E-state index is 9.54. The lowest BCUT2D eigenvalue weighted by Gasteiger charge is -2.37. The van der Waals surface area contributed by atoms with E-state index in [0.29, 0.717) is 18.0 Å². The van der Waals surface area contributed by atoms with Crippen LogP contribution in [0.3, 0.4) is 0 Å². The molecule has 0 aliphatic carbocycles. The van der Waals surface area contributed by atoms with E-state index in [1.807, 2.05) is 10.8 Å². The Balaban J connectivity index is 1.35. The number of piperidine rings is 1. The number of aryl methyl sites for hydroxylation is 1. The molecule has 5 heterocycles. The highest BCUT2D eigenvalue weighted by molar-refractivity contribution is 5.38. The molecule has 2 saturated heterocycles. The van der Waals surface area contributed by atoms with Crippen molar-refractivity contribution >= 4 is 5.95 Å². The molecule has 0 spiro atoms. The van der Waals surface area contributed by atoms with Crippen molar-refractivity contribution in [3.8, 4) is 0 Å². The maximum absolute atomic E-state index is 9.54. The standard InChI is InChI=1S/C23H32N6O/c1-3-8-28-13-18(16(2)26-28)14-29-19-6-7-22(29)20-11-24-23(25-21(20)10-19)27-9-4-5-17(12-27)15-30/h3,11,13,17,19,22,30H,1,4-10,12,14-15H2,2H3/t17-,19+,22+/m1/s1. The van der Waals surface area contributed by atoms with Crippen LogP contribution >= 0.6 is 0 Å². The van der Waals surface area contributed by atoms with E-state index in [-0.39, 0.29) is 6.61 Å². The first kappa shape index (κ1) is 19.7. The molecule has 0 unspecified atom stereocenters. The van der Waals surface area contributed by atoms with Crippen LogP contribution < -0.4 is 4.90 Å². The lowest BCUT2D eigenvalue weighted by molar-refractivity contribution is 0.165. The first-order valence-corrected chi connectivity index (χ1v) is 11.3. The van der Waals surface area contributed by atoms with E-state index < -0.39 is 0 Å². The molecule has 3 aliphatic rings. The predicted octanol–water partition coefficient (Wildman–Crippen LogP) is 2.64. The van der Waals surface area contributed by atoms with E-state index >= 15 is 0 Å². The van der Waals surface area contributed by atoms with Gasteiger partial charge in [0.05, 0.1) is 17.9 Å². The second-order valence-electron chi connectivity index (χ2n) is 9.08. The topological polar surface area (TPSA) is 70.3 Å². The molecule has 7 heteroatoms. The zero-order valence-electron chi connectivity index (χ0n) is 17.9. The van der Waals surface area contributed by atoms with Crippen LogP contribution in [-0.4, -0.2) is 55.5 Å². The number of allylic oxidation sites excluding steroid dienone is 1. The maximum Gasteiger partial charge on any atom is 0.225 e. The van der Waals surface area contributed by atoms with Crippen molar-refractivity contribution in [2.45, 2.75) is 64.2 Å². The van der Waals surface area contributed by atoms with E-state index in [9.17, 15) is 5.11 Å². The van der Waals surface area contributed by atoms with Crippen LogP contribution in [0.4, 0.5) is 5.95 Å². The fourth-order valence-electron chi connectivity index (χ4n) is 5.49. The molecule has 3 atom stereocenters. The second-order valence-corrected chi connectivity index (χ2v) is 9.08. The summed E-state index contributed by atoms with van der Waals surface area (Å²) in [6.45, 7) is 9.71. The lowest BCUT2D eigenvalue weighted by atomic mass is 9.98. The Labute approximate surface area is 178 Å². The molecule has 5 rings (SSSR count). The molecule has 2 fully saturated rings. The van der Waals surface area contributed by atoms with Gasteiger partial charge in [0, 0.05) is 68.3 Å². The Hall–Kier alpha value is -2.25. The van der Waals surface area contributed by atoms with Gasteiger partial charge in [-0.2, -0.15) is 5.10 Å². The molecule has 0 saturated carbocycles. The van der Waals surface area contributed by atoms with Gasteiger partial charge >= 0.3 is 0 Å². The van der Waals surface area contributed by atoms with Crippen LogP contribution in [0.5, 0.6) is 0 Å². The molecule has 30 heavy (non-hydrogen) atoms. The van der Waals surface area contributed by atoms with Crippen LogP contribution in [0.1, 0.15) is 54.2 Å². The van der Waals surface area contributed by atoms with E-state index in [1.165, 1.54) is 29.7 Å². The minimum Gasteiger partial charge on any atom is -0.396 e. The number of hydrogen-bond donors (Lipinski definition) is 1. The minimum atomic E-state index is 0.253. The zero-order valence-corrected chi connectivity index (χ0v) is 17.9. The Bertz CT molecular complexity index is 924. The summed E-state index contributed by atoms with van der Waals surface area (Å²) in [5, 5.41) is 14.2. The van der Waals surface area contributed by atoms with Crippen molar-refractivity contribution in [1.82, 2.24) is 24.6 Å². The SMILES string of the molecule is C=CCn1cc(CN2[C@H]3CC[C@H]2c2cnc(N4CCC[C@@H](CO)C4)nc2C3)c(C)n1. The van der Waals surface area contributed by atoms with E-state index in [0.717, 1.165) is 57.1 Å². The first-order valence-electron chi connectivity index (χ1n) is 11.3. The number of hydrogen-bond acceptors (Lipinski definition) is 6. The summed E-state index contributed by atoms with van der Waals surface area (Å²) in [5.41, 5.74) is 4.95. The van der Waals surface area contributed by atoms with Gasteiger partial charge in [-0.15, -0.1) is 6.58 Å². The highest BCUT2D eigenvalue weighted by Gasteiger charge is 2.41. The molecule has 0 radical (unpaired) electrons. The van der Waals surface area contributed by atoms with Gasteiger partial charge in [0.15, 0.2) is 0 Å². The Morgan fingerprint density at radius 2 is 2.20 bits per heavy atom. The van der Waals surface area contributed by atoms with Crippen molar-refractivity contribution < 1.29 is 5.11 Å². The van der Waals surface area contributed by atoms with Gasteiger partial charge in [0.1, 0.15) is 0 Å². The minimum absolute atomic E-state index is 0.253. The van der Waals surface area contributed by atoms with Crippen LogP contribution in [0.15, 0.2) is 25.0 Å². The Morgan fingerprint density at radius 3 is 3.03 bits per heavy atom. The van der Waals surface area contributed by atoms with Crippen LogP contribution in [0, 0.1) is 12.8 Å². The summed E-state index contributed by atoms with van der Waals surface area (Å²) in [4.78, 5) is 14.7. The summed E-state index contributed by atoms with van der Waals surface area (Å²) < 4.78 is 1.98. The van der Waals surface area contributed by atoms with Gasteiger partial charge in [0.2, 0.25) is 5.95 Å². The Kier molecular flexibility index (Phi) is 5.33. The van der Waals surface area contributed by atoms with Gasteiger partial charge in [-0.25, -0.2) is 9.97 Å². The Morgan fingerprint density at radius 1 is 1.30 bits per heavy atom. The molecule has 3 aliphatic heterocycles. The third-order valence-corrected chi connectivity index (χ3v) is 7.10. The third-order valence-electron chi connectivity index (χ3n) is 7.10. The van der Waals surface area contributed by atoms with Gasteiger partial charge in [0.25, 0.3) is 0 Å². The molecule has 7 nitrogen and oxygen atoms in total. The summed E-state index contributed by atoms with van der Waals surface area (Å²) in [6.07, 6.45) is 11.7. The molecule has 0 aromatic carbocycles. The van der Waals surface area contributed by atoms with Gasteiger partial charge in [-0.1, -0.05) is 6.08 Å². The summed E-state index contributed by atoms with van der Waals surface area (Å²) in [6, 6.07) is 0.945. The first-order chi connectivity index (χ1) is 14.7. The number of nitrogens with zero attached hydrogens (tertiary/aromatic N) is 6. The van der Waals surface area contributed by atoms with Gasteiger partial charge < -0.3 is 10.0 Å². The molecule has 160 valence electrons. The van der Waals surface area contributed by atoms with Crippen LogP contribution in [-0.2, 0) is 19.5 Å². The molecule has 2 aromatic rings. The molecular weight excluding hydrogens is 376 g/mol. The molecule has 2 aromatic heterocycles. The summed E-state index contributed by atoms with van der Waals surface area (Å²) >= 11 is 0. The molecule has 2 bridgehead atoms. The van der Waals surface area contributed by atoms with Gasteiger partial charge in [-0.05, 0) is 38.5 Å². The van der Waals surface area contributed by atoms with Crippen molar-refractivity contribution in [2.24, 2.45) is 5.92 Å². The monoisotopic (exact) mass is 408 g/mol. The van der Waals surface area contributed by atoms with Crippen LogP contribution in [0.2, 0.25) is 0 Å². The largest absolute Gasteiger partial charge is 0.396 e. The summed E-state index contributed by atoms with van der Waals surface area (Å²) in [5.74, 6) is 1.19. The van der Waals surface area contributed by atoms with E-state index in [2.05, 4.69) is 40.8 Å². The number of anilines is 1. The fourth-order valence-corrected chi connectivity index (χ4v) is 5.49. The number of aliphatic hydroxyl groups excluding tert-OH is 1. The highest BCUT2D eigenvalue weighted by Crippen LogP contribution is 2.44. The van der Waals surface area contributed by atoms with Crippen LogP contribution in [0.25, 0.3) is 0 Å². The lowest BCUT2D eigenvalue weighted by Crippen LogP contribution is -2.40. The molecule has 1 N–H and O–H groups in total. The average molecular weight is 409 g/mol. The molecule has 0 amide bonds. The predicted molar refractivity (Wildman–Crippen MR) is 116 cm³/mol. The number of aliphatic hydroxyl groups is 1. The van der Waals surface area contributed by atoms with Crippen molar-refractivity contribution in [1.29, 1.82) is 0 Å². The van der Waals surface area contributed by atoms with Crippen molar-refractivity contribution in [3.63, 3.8) is 0 Å². The quantitative estimate of drug-likeness (QED) is 0.741. The third kappa shape index (κ3) is 3.54. The highest BCUT2D eigenvalue weighted by atomic mass is 16.3. The normalized spacial score (nSPS) is 26.1. The number of rotatable bonds is 6. The zero-order chi connectivity index (χ0) is 20.7. The molecular formula is C23H32N6O. The van der Waals surface area contributed by atoms with Gasteiger partial charge in [-0.3, -0.25) is 9.58 Å². The number of aromatic nitrogens is 4. The number of fused-ring (bicyclic) bond motifs is 4. The van der Waals surface area contributed by atoms with Crippen molar-refractivity contribution in [3.05, 3.63) is 47.6 Å². The average Bonchev–Trinajstić information content (AvgIpc) is 3.25. The summed E-state index contributed by atoms with van der Waals surface area (Å²) in [7, 11) is 0. The van der Waals surface area contributed by atoms with E-state index in [1.54, 1.807) is 0 Å².